The number of nitrogens with one attached hydrogen (secondary N) is 2. The van der Waals surface area contributed by atoms with Crippen molar-refractivity contribution in [1.29, 1.82) is 0 Å². The number of carbonyl (C=O) groups is 3. The molecule has 21 nitrogen and oxygen atoms in total. The molecule has 0 aromatic heterocycles. The fraction of sp³-hybridized carbons (Fsp3) is 0.720. The van der Waals surface area contributed by atoms with Crippen LogP contribution in [0.15, 0.2) is 106 Å². The molecule has 14 atom stereocenters. The van der Waals surface area contributed by atoms with E-state index in [0.29, 0.717) is 55.3 Å². The highest BCUT2D eigenvalue weighted by molar-refractivity contribution is 8.13. The Bertz CT molecular complexity index is 3680. The Morgan fingerprint density at radius 3 is 1.35 bits per heavy atom. The number of esters is 2. The Morgan fingerprint density at radius 1 is 0.598 bits per heavy atom. The maximum absolute atomic E-state index is 13.3. The Hall–Kier alpha value is -2.94. The predicted octanol–water partition coefficient (Wildman–Crippen LogP) is 15.8. The molecular formula is C75H127B3Cl3N3O18S3Si2. The van der Waals surface area contributed by atoms with Crippen LogP contribution in [0.1, 0.15) is 195 Å². The summed E-state index contributed by atoms with van der Waals surface area (Å²) in [7, 11) is -11.5. The Labute approximate surface area is 660 Å². The summed E-state index contributed by atoms with van der Waals surface area (Å²) in [4.78, 5) is 35.8. The number of carboxylic acid groups (broad SMARTS) is 1. The third-order valence-electron chi connectivity index (χ3n) is 21.8. The zero-order chi connectivity index (χ0) is 79.1. The van der Waals surface area contributed by atoms with Crippen molar-refractivity contribution in [2.75, 3.05) is 5.34 Å². The molecule has 3 saturated heterocycles. The number of sulfonamides is 2. The molecular weight excluding hydrogens is 1520 g/mol. The summed E-state index contributed by atoms with van der Waals surface area (Å²) in [5.74, 6) is 0.124. The monoisotopic (exact) mass is 1650 g/mol. The minimum Gasteiger partial charge on any atom is -0.481 e. The largest absolute Gasteiger partial charge is 0.481 e. The standard InChI is InChI=1S/C27H42BNO6S.C27H54BNO4Si2.C12H16BNO6S.C6H5ClO2S.CH2Cl2.2CH4/c1-18(15-24(30)33-25(2,3)4)13-14-23(29-36(31,32)20-11-9-8-10-12-20)28-34-22-17-19-16-21(26(19,5)6)27(22,7)35-28;1-19(16-24(30)31-25(2,3)4)14-15-23(29(34(8,9)10)35(11,12)13)28-32-22-18-20-17-21(26(20,5)6)27(22,7)33-28;15-12(16)8-9-6-7-11(13(17)20-9)14-21(18,19)10-4-2-1-3-5-10;7-10(8,9)6-4-2-1-3-5-6;2-1-3;;/h8-12,18-19,21-23,29H,13-17H2,1-7H3;19-23H,14-18H2,1-13H3;1-5,9,11,14,17H,6-8H2,(H,15,16);1-5H;1H2;2*1H4/t18-,19-,21-,22+,23-,27-;19-,20-,21-,22+,23-,27-;9-,11-;;;;/m000..../s1. The van der Waals surface area contributed by atoms with Crippen LogP contribution in [0.3, 0.4) is 0 Å². The molecule has 4 bridgehead atoms. The van der Waals surface area contributed by atoms with Gasteiger partial charge in [-0.05, 0) is 202 Å². The molecule has 3 aromatic carbocycles. The highest BCUT2D eigenvalue weighted by Gasteiger charge is 2.70. The first-order chi connectivity index (χ1) is 48.2. The van der Waals surface area contributed by atoms with Crippen LogP contribution in [0.25, 0.3) is 0 Å². The van der Waals surface area contributed by atoms with Gasteiger partial charge < -0.3 is 47.1 Å². The van der Waals surface area contributed by atoms with E-state index in [1.54, 1.807) is 66.7 Å². The minimum absolute atomic E-state index is 0. The van der Waals surface area contributed by atoms with Crippen LogP contribution >= 0.6 is 33.9 Å². The van der Waals surface area contributed by atoms with Crippen LogP contribution in [0.4, 0.5) is 0 Å². The van der Waals surface area contributed by atoms with Gasteiger partial charge in [0.25, 0.3) is 9.05 Å². The van der Waals surface area contributed by atoms with E-state index in [9.17, 15) is 44.7 Å². The number of ether oxygens (including phenoxy) is 2. The average molecular weight is 1650 g/mol. The van der Waals surface area contributed by atoms with Crippen molar-refractivity contribution in [1.82, 2.24) is 13.7 Å². The lowest BCUT2D eigenvalue weighted by Crippen LogP contribution is -2.67. The number of nitrogens with zero attached hydrogens (tertiary/aromatic N) is 1. The topological polar surface area (TPSA) is 286 Å². The van der Waals surface area contributed by atoms with Crippen molar-refractivity contribution in [3.8, 4) is 0 Å². The zero-order valence-electron chi connectivity index (χ0n) is 65.5. The molecule has 6 aliphatic carbocycles. The highest BCUT2D eigenvalue weighted by atomic mass is 35.7. The van der Waals surface area contributed by atoms with Gasteiger partial charge in [-0.1, -0.05) is 150 Å². The lowest BCUT2D eigenvalue weighted by molar-refractivity contribution is -0.199. The summed E-state index contributed by atoms with van der Waals surface area (Å²) < 4.78 is 123. The lowest BCUT2D eigenvalue weighted by atomic mass is 9.43. The molecule has 0 radical (unpaired) electrons. The van der Waals surface area contributed by atoms with Gasteiger partial charge in [-0.15, -0.1) is 23.2 Å². The van der Waals surface area contributed by atoms with Gasteiger partial charge in [0.05, 0.1) is 67.8 Å². The quantitative estimate of drug-likeness (QED) is 0.0280. The van der Waals surface area contributed by atoms with Gasteiger partial charge in [0.2, 0.25) is 20.0 Å². The molecule has 107 heavy (non-hydrogen) atoms. The van der Waals surface area contributed by atoms with Crippen molar-refractivity contribution in [3.63, 3.8) is 0 Å². The first-order valence-corrected chi connectivity index (χ1v) is 50.1. The molecule has 0 amide bonds. The second-order valence-electron chi connectivity index (χ2n) is 35.2. The molecule has 3 heterocycles. The summed E-state index contributed by atoms with van der Waals surface area (Å²) in [5, 5.41) is 18.7. The van der Waals surface area contributed by atoms with E-state index in [0.717, 1.165) is 38.0 Å². The van der Waals surface area contributed by atoms with Crippen molar-refractivity contribution >= 4 is 119 Å². The second kappa shape index (κ2) is 38.5. The molecule has 3 aromatic rings. The summed E-state index contributed by atoms with van der Waals surface area (Å²) in [6.07, 6.45) is 8.31. The third-order valence-corrected chi connectivity index (χ3v) is 33.7. The summed E-state index contributed by atoms with van der Waals surface area (Å²) in [5.41, 5.74) is -1.04. The van der Waals surface area contributed by atoms with Gasteiger partial charge in [0.1, 0.15) is 27.7 Å². The average Bonchev–Trinajstić information content (AvgIpc) is 1.64. The smallest absolute Gasteiger partial charge is 0.477 e. The van der Waals surface area contributed by atoms with E-state index in [-0.39, 0.29) is 108 Å². The zero-order valence-corrected chi connectivity index (χ0v) is 72.2. The number of aliphatic carboxylic acids is 1. The van der Waals surface area contributed by atoms with E-state index < -0.39 is 101 Å². The van der Waals surface area contributed by atoms with Crippen LogP contribution in [0.2, 0.25) is 39.3 Å². The van der Waals surface area contributed by atoms with E-state index in [2.05, 4.69) is 101 Å². The van der Waals surface area contributed by atoms with Gasteiger partial charge in [0, 0.05) is 29.5 Å². The van der Waals surface area contributed by atoms with Crippen molar-refractivity contribution in [3.05, 3.63) is 91.0 Å². The van der Waals surface area contributed by atoms with Gasteiger partial charge >= 0.3 is 39.3 Å². The Morgan fingerprint density at radius 2 is 0.981 bits per heavy atom. The van der Waals surface area contributed by atoms with Gasteiger partial charge in [0.15, 0.2) is 0 Å². The normalized spacial score (nSPS) is 26.6. The minimum atomic E-state index is -3.77. The molecule has 4 N–H and O–H groups in total. The number of benzene rings is 3. The number of hydrogen-bond donors (Lipinski definition) is 4. The van der Waals surface area contributed by atoms with Crippen molar-refractivity contribution in [2.24, 2.45) is 46.3 Å². The van der Waals surface area contributed by atoms with Gasteiger partial charge in [-0.3, -0.25) is 14.4 Å². The molecule has 32 heteroatoms. The molecule has 9 aliphatic rings. The van der Waals surface area contributed by atoms with E-state index in [4.69, 9.17) is 71.7 Å². The molecule has 12 rings (SSSR count). The lowest BCUT2D eigenvalue weighted by Gasteiger charge is -2.64. The maximum atomic E-state index is 13.3. The number of hydrogen-bond acceptors (Lipinski definition) is 18. The maximum Gasteiger partial charge on any atom is 0.477 e. The molecule has 6 saturated carbocycles. The predicted molar refractivity (Wildman–Crippen MR) is 435 cm³/mol. The Balaban J connectivity index is 0.000000317. The number of halogens is 3. The second-order valence-corrected chi connectivity index (χ2v) is 52.1. The summed E-state index contributed by atoms with van der Waals surface area (Å²) >= 11 is 9.53. The summed E-state index contributed by atoms with van der Waals surface area (Å²) in [6, 6.07) is 24.0. The van der Waals surface area contributed by atoms with Gasteiger partial charge in [-0.25, -0.2) is 34.7 Å². The first kappa shape index (κ1) is 96.4. The van der Waals surface area contributed by atoms with E-state index in [1.807, 2.05) is 48.5 Å². The molecule has 9 fully saturated rings. The van der Waals surface area contributed by atoms with Crippen LogP contribution in [0.5, 0.6) is 0 Å². The SMILES string of the molecule is C.C.C[C@@H](CC[C@@H](B1O[C@@H]2C[C@@H]3C[C@@H](C3(C)C)[C@]2(C)O1)N([Si](C)(C)C)[Si](C)(C)C)CC(=O)OC(C)(C)C.C[C@@H](CC[C@H](NS(=O)(=O)c1ccccc1)B1O[C@@H]2C[C@@H]3C[C@@H](C3(C)C)[C@]2(C)O1)CC(=O)OC(C)(C)C.ClCCl.O=C(O)C[C@@H]1CC[C@H](NS(=O)(=O)c2ccccc2)B(O)O1.O=S(=O)(Cl)c1ccccc1. The number of alkyl halides is 2. The molecule has 0 unspecified atom stereocenters. The molecule has 0 spiro atoms. The van der Waals surface area contributed by atoms with Crippen LogP contribution in [-0.2, 0) is 76.2 Å². The van der Waals surface area contributed by atoms with Crippen molar-refractivity contribution < 1.29 is 82.5 Å². The fourth-order valence-corrected chi connectivity index (χ4v) is 30.8. The van der Waals surface area contributed by atoms with Crippen LogP contribution in [0, 0.1) is 46.3 Å². The van der Waals surface area contributed by atoms with Crippen LogP contribution in [-0.4, -0.2) is 159 Å². The van der Waals surface area contributed by atoms with Gasteiger partial charge in [-0.2, -0.15) is 0 Å². The fourth-order valence-electron chi connectivity index (χ4n) is 16.9. The van der Waals surface area contributed by atoms with Crippen LogP contribution < -0.4 is 9.44 Å². The first-order valence-electron chi connectivity index (χ1n) is 36.9. The Kier molecular flexibility index (Phi) is 34.7. The van der Waals surface area contributed by atoms with E-state index in [1.165, 1.54) is 30.7 Å². The number of carboxylic acids is 1. The molecule has 606 valence electrons. The molecule has 3 aliphatic heterocycles. The summed E-state index contributed by atoms with van der Waals surface area (Å²) in [6.45, 7) is 44.2. The number of rotatable bonds is 24. The highest BCUT2D eigenvalue weighted by Crippen LogP contribution is 2.67. The number of carbonyl (C=O) groups excluding carboxylic acids is 2. The third kappa shape index (κ3) is 26.3. The van der Waals surface area contributed by atoms with Crippen molar-refractivity contribution in [2.45, 2.75) is 308 Å². The van der Waals surface area contributed by atoms with E-state index >= 15 is 0 Å².